The molecule has 0 saturated carbocycles. The van der Waals surface area contributed by atoms with Crippen LogP contribution in [0.1, 0.15) is 59.3 Å². The molecule has 142 valence electrons. The largest absolute Gasteiger partial charge is 0.335 e. The maximum atomic E-state index is 12.0. The van der Waals surface area contributed by atoms with Gasteiger partial charge in [-0.05, 0) is 44.0 Å². The number of amides is 2. The third-order valence-corrected chi connectivity index (χ3v) is 5.25. The molecule has 1 aromatic carbocycles. The van der Waals surface area contributed by atoms with Gasteiger partial charge in [0.1, 0.15) is 0 Å². The average molecular weight is 370 g/mol. The van der Waals surface area contributed by atoms with E-state index in [0.29, 0.717) is 17.8 Å². The highest BCUT2D eigenvalue weighted by atomic mass is 32.2. The van der Waals surface area contributed by atoms with Gasteiger partial charge in [0.2, 0.25) is 10.0 Å². The summed E-state index contributed by atoms with van der Waals surface area (Å²) in [5, 5.41) is 5.68. The highest BCUT2D eigenvalue weighted by molar-refractivity contribution is 7.92. The summed E-state index contributed by atoms with van der Waals surface area (Å²) in [6, 6.07) is 6.50. The highest BCUT2D eigenvalue weighted by Gasteiger charge is 2.10. The first kappa shape index (κ1) is 21.3. The van der Waals surface area contributed by atoms with Crippen molar-refractivity contribution in [3.8, 4) is 0 Å². The van der Waals surface area contributed by atoms with Crippen LogP contribution in [0.4, 0.5) is 16.2 Å². The van der Waals surface area contributed by atoms with Crippen LogP contribution in [0, 0.1) is 0 Å². The summed E-state index contributed by atoms with van der Waals surface area (Å²) in [5.74, 6) is 0.0888. The SMILES string of the molecule is CCCCCCC(C)NC(=O)Nc1ccc(NS(=O)(=O)CCC)cc1. The number of anilines is 2. The Bertz CT molecular complexity index is 615. The lowest BCUT2D eigenvalue weighted by Crippen LogP contribution is -2.36. The van der Waals surface area contributed by atoms with Gasteiger partial charge < -0.3 is 10.6 Å². The highest BCUT2D eigenvalue weighted by Crippen LogP contribution is 2.15. The van der Waals surface area contributed by atoms with Crippen LogP contribution < -0.4 is 15.4 Å². The molecule has 0 aromatic heterocycles. The van der Waals surface area contributed by atoms with Crippen LogP contribution >= 0.6 is 0 Å². The fraction of sp³-hybridized carbons (Fsp3) is 0.611. The van der Waals surface area contributed by atoms with Gasteiger partial charge in [0.15, 0.2) is 0 Å². The van der Waals surface area contributed by atoms with E-state index < -0.39 is 10.0 Å². The molecule has 0 radical (unpaired) electrons. The second-order valence-corrected chi connectivity index (χ2v) is 8.19. The molecule has 25 heavy (non-hydrogen) atoms. The number of sulfonamides is 1. The number of hydrogen-bond donors (Lipinski definition) is 3. The molecule has 7 heteroatoms. The minimum absolute atomic E-state index is 0.0888. The van der Waals surface area contributed by atoms with Crippen LogP contribution in [0.25, 0.3) is 0 Å². The lowest BCUT2D eigenvalue weighted by atomic mass is 10.1. The summed E-state index contributed by atoms with van der Waals surface area (Å²) in [6.07, 6.45) is 6.26. The molecular weight excluding hydrogens is 338 g/mol. The van der Waals surface area contributed by atoms with Gasteiger partial charge in [0, 0.05) is 17.4 Å². The third kappa shape index (κ3) is 9.34. The molecule has 6 nitrogen and oxygen atoms in total. The number of rotatable bonds is 11. The van der Waals surface area contributed by atoms with Crippen molar-refractivity contribution in [2.45, 2.75) is 65.3 Å². The third-order valence-electron chi connectivity index (χ3n) is 3.76. The number of urea groups is 1. The molecule has 0 aliphatic rings. The van der Waals surface area contributed by atoms with E-state index in [1.807, 2.05) is 13.8 Å². The predicted octanol–water partition coefficient (Wildman–Crippen LogP) is 4.32. The Morgan fingerprint density at radius 3 is 2.24 bits per heavy atom. The second-order valence-electron chi connectivity index (χ2n) is 6.35. The van der Waals surface area contributed by atoms with Crippen LogP contribution in [-0.2, 0) is 10.0 Å². The quantitative estimate of drug-likeness (QED) is 0.508. The lowest BCUT2D eigenvalue weighted by molar-refractivity contribution is 0.248. The minimum Gasteiger partial charge on any atom is -0.335 e. The van der Waals surface area contributed by atoms with Crippen LogP contribution in [0.5, 0.6) is 0 Å². The number of unbranched alkanes of at least 4 members (excludes halogenated alkanes) is 3. The Balaban J connectivity index is 2.42. The molecule has 0 saturated heterocycles. The summed E-state index contributed by atoms with van der Waals surface area (Å²) in [6.45, 7) is 5.99. The van der Waals surface area contributed by atoms with Crippen LogP contribution in [0.3, 0.4) is 0 Å². The number of carbonyl (C=O) groups excluding carboxylic acids is 1. The Morgan fingerprint density at radius 1 is 1.00 bits per heavy atom. The van der Waals surface area contributed by atoms with Gasteiger partial charge in [-0.15, -0.1) is 0 Å². The van der Waals surface area contributed by atoms with Gasteiger partial charge in [0.25, 0.3) is 0 Å². The van der Waals surface area contributed by atoms with Crippen molar-refractivity contribution in [2.75, 3.05) is 15.8 Å². The zero-order valence-corrected chi connectivity index (χ0v) is 16.3. The maximum Gasteiger partial charge on any atom is 0.319 e. The van der Waals surface area contributed by atoms with Gasteiger partial charge in [-0.25, -0.2) is 13.2 Å². The van der Waals surface area contributed by atoms with Crippen LogP contribution in [0.2, 0.25) is 0 Å². The molecule has 0 spiro atoms. The number of benzene rings is 1. The number of nitrogens with one attached hydrogen (secondary N) is 3. The molecule has 0 heterocycles. The van der Waals surface area contributed by atoms with Crippen molar-refractivity contribution in [2.24, 2.45) is 0 Å². The first-order chi connectivity index (χ1) is 11.9. The zero-order valence-electron chi connectivity index (χ0n) is 15.5. The smallest absolute Gasteiger partial charge is 0.319 e. The van der Waals surface area contributed by atoms with E-state index in [1.54, 1.807) is 24.3 Å². The van der Waals surface area contributed by atoms with Crippen molar-refractivity contribution in [3.05, 3.63) is 24.3 Å². The van der Waals surface area contributed by atoms with E-state index in [2.05, 4.69) is 22.3 Å². The van der Waals surface area contributed by atoms with Crippen molar-refractivity contribution < 1.29 is 13.2 Å². The zero-order chi connectivity index (χ0) is 18.7. The lowest BCUT2D eigenvalue weighted by Gasteiger charge is -2.15. The van der Waals surface area contributed by atoms with Crippen molar-refractivity contribution in [3.63, 3.8) is 0 Å². The summed E-state index contributed by atoms with van der Waals surface area (Å²) in [7, 11) is -3.30. The first-order valence-corrected chi connectivity index (χ1v) is 10.7. The molecule has 0 aliphatic heterocycles. The normalized spacial score (nSPS) is 12.4. The minimum atomic E-state index is -3.30. The topological polar surface area (TPSA) is 87.3 Å². The second kappa shape index (κ2) is 11.0. The molecule has 2 amide bonds. The average Bonchev–Trinajstić information content (AvgIpc) is 2.53. The van der Waals surface area contributed by atoms with Crippen molar-refractivity contribution >= 4 is 27.4 Å². The molecule has 0 bridgehead atoms. The Hall–Kier alpha value is -1.76. The van der Waals surface area contributed by atoms with Gasteiger partial charge in [0.05, 0.1) is 5.75 Å². The fourth-order valence-electron chi connectivity index (χ4n) is 2.46. The van der Waals surface area contributed by atoms with E-state index >= 15 is 0 Å². The molecule has 1 atom stereocenters. The molecule has 0 aliphatic carbocycles. The van der Waals surface area contributed by atoms with Gasteiger partial charge >= 0.3 is 6.03 Å². The summed E-state index contributed by atoms with van der Waals surface area (Å²) < 4.78 is 26.0. The standard InChI is InChI=1S/C18H31N3O3S/c1-4-6-7-8-9-15(3)19-18(22)20-16-10-12-17(13-11-16)21-25(23,24)14-5-2/h10-13,15,21H,4-9,14H2,1-3H3,(H2,19,20,22). The maximum absolute atomic E-state index is 12.0. The van der Waals surface area contributed by atoms with E-state index in [0.717, 1.165) is 12.8 Å². The monoisotopic (exact) mass is 369 g/mol. The molecule has 0 fully saturated rings. The fourth-order valence-corrected chi connectivity index (χ4v) is 3.60. The van der Waals surface area contributed by atoms with Crippen molar-refractivity contribution in [1.29, 1.82) is 0 Å². The summed E-state index contributed by atoms with van der Waals surface area (Å²) in [5.41, 5.74) is 1.11. The Labute approximate surface area is 151 Å². The van der Waals surface area contributed by atoms with E-state index in [9.17, 15) is 13.2 Å². The molecule has 1 aromatic rings. The van der Waals surface area contributed by atoms with Crippen molar-refractivity contribution in [1.82, 2.24) is 5.32 Å². The number of carbonyl (C=O) groups is 1. The van der Waals surface area contributed by atoms with Gasteiger partial charge in [-0.1, -0.05) is 39.5 Å². The summed E-state index contributed by atoms with van der Waals surface area (Å²) >= 11 is 0. The summed E-state index contributed by atoms with van der Waals surface area (Å²) in [4.78, 5) is 12.0. The molecular formula is C18H31N3O3S. The van der Waals surface area contributed by atoms with Gasteiger partial charge in [-0.2, -0.15) is 0 Å². The number of hydrogen-bond acceptors (Lipinski definition) is 3. The molecule has 1 rings (SSSR count). The van der Waals surface area contributed by atoms with Gasteiger partial charge in [-0.3, -0.25) is 4.72 Å². The van der Waals surface area contributed by atoms with E-state index in [1.165, 1.54) is 19.3 Å². The predicted molar refractivity (Wildman–Crippen MR) is 105 cm³/mol. The Morgan fingerprint density at radius 2 is 1.64 bits per heavy atom. The Kier molecular flexibility index (Phi) is 9.34. The van der Waals surface area contributed by atoms with E-state index in [4.69, 9.17) is 0 Å². The molecule has 1 unspecified atom stereocenters. The van der Waals surface area contributed by atoms with E-state index in [-0.39, 0.29) is 17.8 Å². The molecule has 3 N–H and O–H groups in total. The first-order valence-electron chi connectivity index (χ1n) is 9.04. The van der Waals surface area contributed by atoms with Crippen LogP contribution in [0.15, 0.2) is 24.3 Å². The van der Waals surface area contributed by atoms with Crippen LogP contribution in [-0.4, -0.2) is 26.2 Å².